The van der Waals surface area contributed by atoms with Gasteiger partial charge in [0.15, 0.2) is 17.5 Å². The fourth-order valence-electron chi connectivity index (χ4n) is 8.41. The minimum absolute atomic E-state index is 0.593. The molecule has 0 aliphatic rings. The first kappa shape index (κ1) is 31.9. The number of hydrogen-bond donors (Lipinski definition) is 0. The molecule has 0 bridgehead atoms. The van der Waals surface area contributed by atoms with Crippen LogP contribution in [-0.4, -0.2) is 19.5 Å². The lowest BCUT2D eigenvalue weighted by Crippen LogP contribution is -2.00. The third-order valence-corrected chi connectivity index (χ3v) is 12.2. The van der Waals surface area contributed by atoms with Crippen molar-refractivity contribution >= 4 is 75.3 Å². The molecule has 0 fully saturated rings. The van der Waals surface area contributed by atoms with Crippen molar-refractivity contribution < 1.29 is 4.42 Å². The molecule has 0 amide bonds. The molecule has 0 spiro atoms. The van der Waals surface area contributed by atoms with Crippen molar-refractivity contribution in [3.8, 4) is 51.0 Å². The Labute approximate surface area is 330 Å². The van der Waals surface area contributed by atoms with Gasteiger partial charge in [0, 0.05) is 70.2 Å². The SMILES string of the molecule is c1ccc(-c2ccc3c(c2)sc2cccc(-c4nc(-c5ccccc5)nc(-c5ccc6c(c5)oc5cc(-n7c8ccccc8c8ccccc87)ccc56)n4)c23)cc1. The minimum atomic E-state index is 0.593. The number of para-hydroxylation sites is 2. The summed E-state index contributed by atoms with van der Waals surface area (Å²) in [5.74, 6) is 1.85. The predicted molar refractivity (Wildman–Crippen MR) is 236 cm³/mol. The number of aromatic nitrogens is 4. The molecule has 12 aromatic rings. The first-order valence-corrected chi connectivity index (χ1v) is 19.8. The Hall–Kier alpha value is -7.41. The Bertz CT molecular complexity index is 3470. The Morgan fingerprint density at radius 2 is 0.982 bits per heavy atom. The number of furan rings is 1. The quantitative estimate of drug-likeness (QED) is 0.176. The minimum Gasteiger partial charge on any atom is -0.456 e. The summed E-state index contributed by atoms with van der Waals surface area (Å²) in [6, 6.07) is 63.8. The van der Waals surface area contributed by atoms with Gasteiger partial charge in [-0.15, -0.1) is 11.3 Å². The zero-order chi connectivity index (χ0) is 37.5. The van der Waals surface area contributed by atoms with Crippen LogP contribution in [0, 0.1) is 0 Å². The summed E-state index contributed by atoms with van der Waals surface area (Å²) >= 11 is 1.80. The van der Waals surface area contributed by atoms with E-state index in [2.05, 4.69) is 156 Å². The second-order valence-electron chi connectivity index (χ2n) is 14.4. The van der Waals surface area contributed by atoms with Gasteiger partial charge in [-0.2, -0.15) is 0 Å². The fraction of sp³-hybridized carbons (Fsp3) is 0. The molecular formula is C51H30N4OS. The van der Waals surface area contributed by atoms with Crippen LogP contribution < -0.4 is 0 Å². The van der Waals surface area contributed by atoms with Crippen molar-refractivity contribution in [2.24, 2.45) is 0 Å². The lowest BCUT2D eigenvalue weighted by Gasteiger charge is -2.10. The van der Waals surface area contributed by atoms with E-state index in [0.29, 0.717) is 17.5 Å². The summed E-state index contributed by atoms with van der Waals surface area (Å²) in [6.07, 6.45) is 0. The van der Waals surface area contributed by atoms with Crippen LogP contribution in [0.2, 0.25) is 0 Å². The van der Waals surface area contributed by atoms with E-state index < -0.39 is 0 Å². The summed E-state index contributed by atoms with van der Waals surface area (Å²) in [6.45, 7) is 0. The zero-order valence-corrected chi connectivity index (χ0v) is 31.2. The van der Waals surface area contributed by atoms with Crippen molar-refractivity contribution in [1.82, 2.24) is 19.5 Å². The number of rotatable bonds is 5. The topological polar surface area (TPSA) is 56.7 Å². The van der Waals surface area contributed by atoms with E-state index in [1.54, 1.807) is 11.3 Å². The van der Waals surface area contributed by atoms with Crippen LogP contribution in [0.1, 0.15) is 0 Å². The van der Waals surface area contributed by atoms with Crippen LogP contribution in [0.5, 0.6) is 0 Å². The molecule has 0 aliphatic heterocycles. The monoisotopic (exact) mass is 746 g/mol. The smallest absolute Gasteiger partial charge is 0.164 e. The van der Waals surface area contributed by atoms with E-state index in [1.807, 2.05) is 30.3 Å². The van der Waals surface area contributed by atoms with Gasteiger partial charge in [-0.3, -0.25) is 0 Å². The molecular weight excluding hydrogens is 717 g/mol. The highest BCUT2D eigenvalue weighted by atomic mass is 32.1. The van der Waals surface area contributed by atoms with Crippen LogP contribution in [0.15, 0.2) is 186 Å². The Morgan fingerprint density at radius 3 is 1.74 bits per heavy atom. The molecule has 5 nitrogen and oxygen atoms in total. The van der Waals surface area contributed by atoms with Gasteiger partial charge in [0.25, 0.3) is 0 Å². The maximum atomic E-state index is 6.66. The number of fused-ring (bicyclic) bond motifs is 9. The predicted octanol–water partition coefficient (Wildman–Crippen LogP) is 13.9. The maximum absolute atomic E-state index is 6.66. The molecule has 0 saturated carbocycles. The fourth-order valence-corrected chi connectivity index (χ4v) is 9.58. The molecule has 12 rings (SSSR count). The number of hydrogen-bond acceptors (Lipinski definition) is 5. The molecule has 0 radical (unpaired) electrons. The van der Waals surface area contributed by atoms with Crippen LogP contribution >= 0.6 is 11.3 Å². The third-order valence-electron chi connectivity index (χ3n) is 11.1. The normalized spacial score (nSPS) is 11.9. The molecule has 0 saturated heterocycles. The van der Waals surface area contributed by atoms with Crippen LogP contribution in [-0.2, 0) is 0 Å². The molecule has 4 heterocycles. The average Bonchev–Trinajstić information content (AvgIpc) is 3.95. The molecule has 0 N–H and O–H groups in total. The van der Waals surface area contributed by atoms with Crippen molar-refractivity contribution in [3.05, 3.63) is 182 Å². The highest BCUT2D eigenvalue weighted by Crippen LogP contribution is 2.42. The van der Waals surface area contributed by atoms with Crippen molar-refractivity contribution in [2.75, 3.05) is 0 Å². The molecule has 0 aliphatic carbocycles. The van der Waals surface area contributed by atoms with Gasteiger partial charge >= 0.3 is 0 Å². The van der Waals surface area contributed by atoms with Gasteiger partial charge in [-0.05, 0) is 59.7 Å². The van der Waals surface area contributed by atoms with Gasteiger partial charge in [0.1, 0.15) is 11.2 Å². The average molecular weight is 747 g/mol. The number of thiophene rings is 1. The van der Waals surface area contributed by atoms with E-state index in [0.717, 1.165) is 49.7 Å². The standard InChI is InChI=1S/C51H30N4OS/c1-3-12-31(13-4-1)33-22-26-40-47(29-33)57-46-21-11-18-41(48(40)46)51-53-49(32-14-5-2-6-15-32)52-50(54-51)34-23-25-38-39-27-24-35(30-45(39)56-44(38)28-34)55-42-19-9-7-16-36(42)37-17-8-10-20-43(37)55/h1-30H. The number of nitrogens with zero attached hydrogens (tertiary/aromatic N) is 4. The Morgan fingerprint density at radius 1 is 0.386 bits per heavy atom. The summed E-state index contributed by atoms with van der Waals surface area (Å²) in [4.78, 5) is 15.4. The molecule has 6 heteroatoms. The zero-order valence-electron chi connectivity index (χ0n) is 30.4. The summed E-state index contributed by atoms with van der Waals surface area (Å²) in [7, 11) is 0. The molecule has 4 aromatic heterocycles. The van der Waals surface area contributed by atoms with E-state index in [1.165, 1.54) is 47.7 Å². The highest BCUT2D eigenvalue weighted by molar-refractivity contribution is 7.26. The Kier molecular flexibility index (Phi) is 7.03. The molecule has 8 aromatic carbocycles. The summed E-state index contributed by atoms with van der Waals surface area (Å²) < 4.78 is 11.4. The molecule has 266 valence electrons. The second-order valence-corrected chi connectivity index (χ2v) is 15.5. The largest absolute Gasteiger partial charge is 0.456 e. The van der Waals surface area contributed by atoms with E-state index in [4.69, 9.17) is 19.4 Å². The van der Waals surface area contributed by atoms with Gasteiger partial charge in [-0.1, -0.05) is 127 Å². The highest BCUT2D eigenvalue weighted by Gasteiger charge is 2.19. The van der Waals surface area contributed by atoms with Crippen molar-refractivity contribution in [2.45, 2.75) is 0 Å². The van der Waals surface area contributed by atoms with Gasteiger partial charge in [-0.25, -0.2) is 15.0 Å². The third kappa shape index (κ3) is 5.12. The van der Waals surface area contributed by atoms with Gasteiger partial charge < -0.3 is 8.98 Å². The summed E-state index contributed by atoms with van der Waals surface area (Å²) in [5.41, 5.74) is 10.2. The Balaban J connectivity index is 1.01. The number of benzene rings is 8. The van der Waals surface area contributed by atoms with Gasteiger partial charge in [0.2, 0.25) is 0 Å². The molecule has 0 atom stereocenters. The lowest BCUT2D eigenvalue weighted by atomic mass is 10.0. The van der Waals surface area contributed by atoms with Crippen molar-refractivity contribution in [1.29, 1.82) is 0 Å². The second kappa shape index (κ2) is 12.6. The first-order chi connectivity index (χ1) is 28.2. The molecule has 57 heavy (non-hydrogen) atoms. The van der Waals surface area contributed by atoms with Crippen LogP contribution in [0.25, 0.3) is 115 Å². The van der Waals surface area contributed by atoms with Gasteiger partial charge in [0.05, 0.1) is 11.0 Å². The van der Waals surface area contributed by atoms with Crippen LogP contribution in [0.3, 0.4) is 0 Å². The van der Waals surface area contributed by atoms with E-state index in [9.17, 15) is 0 Å². The van der Waals surface area contributed by atoms with Crippen LogP contribution in [0.4, 0.5) is 0 Å². The molecule has 0 unspecified atom stereocenters. The van der Waals surface area contributed by atoms with E-state index >= 15 is 0 Å². The first-order valence-electron chi connectivity index (χ1n) is 19.0. The van der Waals surface area contributed by atoms with Crippen molar-refractivity contribution in [3.63, 3.8) is 0 Å². The summed E-state index contributed by atoms with van der Waals surface area (Å²) in [5, 5.41) is 6.92. The lowest BCUT2D eigenvalue weighted by molar-refractivity contribution is 0.668. The van der Waals surface area contributed by atoms with E-state index in [-0.39, 0.29) is 0 Å². The maximum Gasteiger partial charge on any atom is 0.164 e.